The smallest absolute Gasteiger partial charge is 0.143 e. The number of rotatable bonds is 6. The Labute approximate surface area is 317 Å². The molecule has 0 aliphatic rings. The molecule has 11 aromatic rings. The molecule has 2 aromatic heterocycles. The largest absolute Gasteiger partial charge is 0.456 e. The molecular formula is C52H33NO2. The van der Waals surface area contributed by atoms with Gasteiger partial charge in [0.25, 0.3) is 0 Å². The van der Waals surface area contributed by atoms with E-state index < -0.39 is 0 Å². The molecule has 0 fully saturated rings. The Morgan fingerprint density at radius 2 is 0.873 bits per heavy atom. The molecule has 0 unspecified atom stereocenters. The number of fused-ring (bicyclic) bond motifs is 8. The summed E-state index contributed by atoms with van der Waals surface area (Å²) in [5.74, 6) is 0. The van der Waals surface area contributed by atoms with Gasteiger partial charge in [0, 0.05) is 44.2 Å². The Hall–Kier alpha value is -7.36. The first-order valence-electron chi connectivity index (χ1n) is 18.7. The fraction of sp³-hybridized carbons (Fsp3) is 0. The molecule has 0 saturated carbocycles. The topological polar surface area (TPSA) is 29.5 Å². The zero-order chi connectivity index (χ0) is 36.3. The summed E-state index contributed by atoms with van der Waals surface area (Å²) < 4.78 is 13.2. The minimum absolute atomic E-state index is 0.850. The third-order valence-electron chi connectivity index (χ3n) is 10.9. The van der Waals surface area contributed by atoms with E-state index in [0.29, 0.717) is 0 Å². The first-order chi connectivity index (χ1) is 27.3. The summed E-state index contributed by atoms with van der Waals surface area (Å²) in [5, 5.41) is 6.77. The van der Waals surface area contributed by atoms with Crippen molar-refractivity contribution in [2.45, 2.75) is 0 Å². The summed E-state index contributed by atoms with van der Waals surface area (Å²) in [6.07, 6.45) is 0. The fourth-order valence-electron chi connectivity index (χ4n) is 8.26. The molecule has 0 aliphatic heterocycles. The van der Waals surface area contributed by atoms with Crippen LogP contribution in [0.5, 0.6) is 0 Å². The number of nitrogens with zero attached hydrogens (tertiary/aromatic N) is 1. The molecule has 3 heteroatoms. The van der Waals surface area contributed by atoms with Crippen molar-refractivity contribution in [3.8, 4) is 33.4 Å². The van der Waals surface area contributed by atoms with Gasteiger partial charge in [-0.2, -0.15) is 0 Å². The molecule has 0 atom stereocenters. The molecule has 0 radical (unpaired) electrons. The van der Waals surface area contributed by atoms with Crippen LogP contribution >= 0.6 is 0 Å². The lowest BCUT2D eigenvalue weighted by Crippen LogP contribution is -2.09. The highest BCUT2D eigenvalue weighted by Crippen LogP contribution is 2.46. The van der Waals surface area contributed by atoms with Gasteiger partial charge < -0.3 is 13.7 Å². The first-order valence-corrected chi connectivity index (χ1v) is 18.7. The summed E-state index contributed by atoms with van der Waals surface area (Å²) in [4.78, 5) is 2.29. The Kier molecular flexibility index (Phi) is 7.17. The number of furan rings is 2. The second-order valence-electron chi connectivity index (χ2n) is 14.1. The molecule has 0 N–H and O–H groups in total. The Morgan fingerprint density at radius 1 is 0.327 bits per heavy atom. The van der Waals surface area contributed by atoms with Crippen LogP contribution in [0.3, 0.4) is 0 Å². The quantitative estimate of drug-likeness (QED) is 0.173. The van der Waals surface area contributed by atoms with Crippen molar-refractivity contribution in [2.24, 2.45) is 0 Å². The lowest BCUT2D eigenvalue weighted by atomic mass is 9.90. The molecule has 0 aliphatic carbocycles. The third kappa shape index (κ3) is 5.20. The molecule has 3 nitrogen and oxygen atoms in total. The number of benzene rings is 9. The van der Waals surface area contributed by atoms with Crippen LogP contribution in [-0.4, -0.2) is 0 Å². The molecule has 0 saturated heterocycles. The van der Waals surface area contributed by atoms with Crippen molar-refractivity contribution in [1.29, 1.82) is 0 Å². The molecule has 0 amide bonds. The number of anilines is 3. The average molecular weight is 704 g/mol. The number of para-hydroxylation sites is 3. The van der Waals surface area contributed by atoms with Crippen LogP contribution in [0.15, 0.2) is 209 Å². The van der Waals surface area contributed by atoms with Crippen molar-refractivity contribution >= 4 is 71.7 Å². The summed E-state index contributed by atoms with van der Waals surface area (Å²) >= 11 is 0. The molecule has 9 aromatic carbocycles. The van der Waals surface area contributed by atoms with Crippen LogP contribution in [0, 0.1) is 0 Å². The van der Waals surface area contributed by atoms with E-state index in [1.165, 1.54) is 10.8 Å². The van der Waals surface area contributed by atoms with Crippen LogP contribution in [0.25, 0.3) is 88.0 Å². The zero-order valence-corrected chi connectivity index (χ0v) is 29.8. The highest BCUT2D eigenvalue weighted by atomic mass is 16.3. The summed E-state index contributed by atoms with van der Waals surface area (Å²) in [6.45, 7) is 0. The van der Waals surface area contributed by atoms with Crippen LogP contribution in [-0.2, 0) is 0 Å². The monoisotopic (exact) mass is 703 g/mol. The Bertz CT molecular complexity index is 3140. The molecular weight excluding hydrogens is 671 g/mol. The van der Waals surface area contributed by atoms with Crippen molar-refractivity contribution in [2.75, 3.05) is 4.90 Å². The van der Waals surface area contributed by atoms with E-state index in [1.54, 1.807) is 0 Å². The molecule has 11 rings (SSSR count). The van der Waals surface area contributed by atoms with E-state index in [9.17, 15) is 0 Å². The van der Waals surface area contributed by atoms with E-state index in [4.69, 9.17) is 8.83 Å². The summed E-state index contributed by atoms with van der Waals surface area (Å²) in [7, 11) is 0. The van der Waals surface area contributed by atoms with Gasteiger partial charge in [0.15, 0.2) is 0 Å². The van der Waals surface area contributed by atoms with Crippen molar-refractivity contribution in [3.63, 3.8) is 0 Å². The van der Waals surface area contributed by atoms with Gasteiger partial charge in [0.1, 0.15) is 22.3 Å². The van der Waals surface area contributed by atoms with Crippen LogP contribution in [0.2, 0.25) is 0 Å². The van der Waals surface area contributed by atoms with E-state index in [1.807, 2.05) is 24.3 Å². The molecule has 0 bridgehead atoms. The molecule has 2 heterocycles. The minimum atomic E-state index is 0.850. The van der Waals surface area contributed by atoms with E-state index in [-0.39, 0.29) is 0 Å². The minimum Gasteiger partial charge on any atom is -0.456 e. The summed E-state index contributed by atoms with van der Waals surface area (Å²) in [6, 6.07) is 70.8. The maximum absolute atomic E-state index is 6.89. The van der Waals surface area contributed by atoms with E-state index >= 15 is 0 Å². The second-order valence-corrected chi connectivity index (χ2v) is 14.1. The van der Waals surface area contributed by atoms with Gasteiger partial charge in [-0.25, -0.2) is 0 Å². The Balaban J connectivity index is 1.05. The third-order valence-corrected chi connectivity index (χ3v) is 10.9. The van der Waals surface area contributed by atoms with Crippen molar-refractivity contribution in [3.05, 3.63) is 200 Å². The van der Waals surface area contributed by atoms with Gasteiger partial charge in [0.05, 0.1) is 0 Å². The molecule has 55 heavy (non-hydrogen) atoms. The van der Waals surface area contributed by atoms with Gasteiger partial charge in [-0.15, -0.1) is 0 Å². The van der Waals surface area contributed by atoms with E-state index in [2.05, 4.69) is 181 Å². The maximum Gasteiger partial charge on any atom is 0.143 e. The van der Waals surface area contributed by atoms with Gasteiger partial charge in [-0.05, 0) is 105 Å². The molecule has 258 valence electrons. The standard InChI is InChI=1S/C52H33NO2/c1-3-13-40(14-4-1)53(41-15-5-2-6-16-41)42-27-25-36(26-28-42)35-19-22-37(23-20-35)49-43(39-24-21-34-11-7-8-12-38(34)33-39)29-30-45-51-48(55-52(45)49)32-31-47-50(51)44-17-9-10-18-46(44)54-47/h1-33H. The lowest BCUT2D eigenvalue weighted by molar-refractivity contribution is 0.663. The Morgan fingerprint density at radius 3 is 1.60 bits per heavy atom. The van der Waals surface area contributed by atoms with Crippen molar-refractivity contribution in [1.82, 2.24) is 0 Å². The highest BCUT2D eigenvalue weighted by Gasteiger charge is 2.21. The van der Waals surface area contributed by atoms with Gasteiger partial charge >= 0.3 is 0 Å². The van der Waals surface area contributed by atoms with Crippen LogP contribution in [0.4, 0.5) is 17.1 Å². The predicted octanol–water partition coefficient (Wildman–Crippen LogP) is 15.1. The van der Waals surface area contributed by atoms with Crippen LogP contribution in [0.1, 0.15) is 0 Å². The molecule has 0 spiro atoms. The highest BCUT2D eigenvalue weighted by molar-refractivity contribution is 6.27. The summed E-state index contributed by atoms with van der Waals surface area (Å²) in [5.41, 5.74) is 13.6. The lowest BCUT2D eigenvalue weighted by Gasteiger charge is -2.25. The zero-order valence-electron chi connectivity index (χ0n) is 29.8. The van der Waals surface area contributed by atoms with E-state index in [0.717, 1.165) is 94.3 Å². The van der Waals surface area contributed by atoms with Gasteiger partial charge in [-0.1, -0.05) is 133 Å². The first kappa shape index (κ1) is 31.2. The van der Waals surface area contributed by atoms with Gasteiger partial charge in [-0.3, -0.25) is 0 Å². The SMILES string of the molecule is c1ccc(N(c2ccccc2)c2ccc(-c3ccc(-c4c(-c5ccc6ccccc6c5)ccc5c4oc4ccc6oc7ccccc7c6c45)cc3)cc2)cc1. The number of hydrogen-bond donors (Lipinski definition) is 0. The van der Waals surface area contributed by atoms with Crippen molar-refractivity contribution < 1.29 is 8.83 Å². The number of hydrogen-bond acceptors (Lipinski definition) is 3. The normalized spacial score (nSPS) is 11.6. The fourth-order valence-corrected chi connectivity index (χ4v) is 8.26. The predicted molar refractivity (Wildman–Crippen MR) is 229 cm³/mol. The average Bonchev–Trinajstić information content (AvgIpc) is 3.83. The maximum atomic E-state index is 6.89. The second kappa shape index (κ2) is 12.6. The van der Waals surface area contributed by atoms with Crippen LogP contribution < -0.4 is 4.90 Å². The van der Waals surface area contributed by atoms with Gasteiger partial charge in [0.2, 0.25) is 0 Å².